The number of carbonyl (C=O) groups excluding carboxylic acids is 1. The molecule has 1 heterocycles. The first-order chi connectivity index (χ1) is 10.0. The summed E-state index contributed by atoms with van der Waals surface area (Å²) in [6.45, 7) is 0.137. The Bertz CT molecular complexity index is 562. The van der Waals surface area contributed by atoms with Crippen LogP contribution >= 0.6 is 11.6 Å². The molecule has 114 valence electrons. The number of amides is 1. The molecule has 1 unspecified atom stereocenters. The molecule has 0 bridgehead atoms. The molecular weight excluding hydrogens is 302 g/mol. The lowest BCUT2D eigenvalue weighted by Gasteiger charge is -2.14. The van der Waals surface area contributed by atoms with Crippen molar-refractivity contribution in [2.45, 2.75) is 12.5 Å². The summed E-state index contributed by atoms with van der Waals surface area (Å²) in [6, 6.07) is 2.98. The number of nitrogens with one attached hydrogen (secondary N) is 1. The Morgan fingerprint density at radius 1 is 1.48 bits per heavy atom. The van der Waals surface area contributed by atoms with Crippen molar-refractivity contribution in [3.63, 3.8) is 0 Å². The second-order valence-corrected chi connectivity index (χ2v) is 4.76. The molecule has 8 heteroatoms. The first kappa shape index (κ1) is 15.4. The molecule has 0 saturated carbocycles. The average Bonchev–Trinajstić information content (AvgIpc) is 2.91. The third kappa shape index (κ3) is 3.77. The fourth-order valence-corrected chi connectivity index (χ4v) is 2.11. The highest BCUT2D eigenvalue weighted by molar-refractivity contribution is 6.32. The number of hydrogen-bond donors (Lipinski definition) is 2. The molecular formula is C13H14ClNO6. The first-order valence-electron chi connectivity index (χ1n) is 6.13. The number of fused-ring (bicyclic) bond motifs is 1. The van der Waals surface area contributed by atoms with Crippen LogP contribution < -0.4 is 14.8 Å². The van der Waals surface area contributed by atoms with Crippen LogP contribution in [0.2, 0.25) is 5.02 Å². The Balaban J connectivity index is 2.00. The molecule has 0 fully saturated rings. The topological polar surface area (TPSA) is 94.1 Å². The lowest BCUT2D eigenvalue weighted by molar-refractivity contribution is -0.139. The molecule has 1 amide bonds. The van der Waals surface area contributed by atoms with Crippen LogP contribution in [0.15, 0.2) is 12.1 Å². The molecule has 0 saturated heterocycles. The van der Waals surface area contributed by atoms with E-state index in [0.717, 1.165) is 0 Å². The standard InChI is InChI=1S/C13H14ClNO6/c1-19-8(4-11(16)17)5-15-13(18)7-2-9(14)12-10(3-7)20-6-21-12/h2-3,8H,4-6H2,1H3,(H,15,18)(H,16,17). The minimum atomic E-state index is -0.998. The van der Waals surface area contributed by atoms with Crippen LogP contribution in [-0.4, -0.2) is 43.5 Å². The number of hydrogen-bond acceptors (Lipinski definition) is 5. The second kappa shape index (κ2) is 6.64. The first-order valence-corrected chi connectivity index (χ1v) is 6.51. The van der Waals surface area contributed by atoms with Crippen molar-refractivity contribution in [3.05, 3.63) is 22.7 Å². The predicted octanol–water partition coefficient (Wildman–Crippen LogP) is 1.29. The van der Waals surface area contributed by atoms with Gasteiger partial charge in [0.25, 0.3) is 5.91 Å². The Morgan fingerprint density at radius 2 is 2.24 bits per heavy atom. The van der Waals surface area contributed by atoms with Crippen molar-refractivity contribution in [1.82, 2.24) is 5.32 Å². The van der Waals surface area contributed by atoms with Crippen molar-refractivity contribution in [2.75, 3.05) is 20.4 Å². The second-order valence-electron chi connectivity index (χ2n) is 4.36. The maximum Gasteiger partial charge on any atom is 0.306 e. The number of rotatable bonds is 6. The quantitative estimate of drug-likeness (QED) is 0.821. The average molecular weight is 316 g/mol. The summed E-state index contributed by atoms with van der Waals surface area (Å²) in [6.07, 6.45) is -0.797. The summed E-state index contributed by atoms with van der Waals surface area (Å²) in [5, 5.41) is 11.6. The molecule has 2 N–H and O–H groups in total. The maximum absolute atomic E-state index is 12.0. The van der Waals surface area contributed by atoms with Crippen LogP contribution in [0.3, 0.4) is 0 Å². The number of carboxylic acid groups (broad SMARTS) is 1. The number of benzene rings is 1. The Morgan fingerprint density at radius 3 is 2.90 bits per heavy atom. The molecule has 0 aliphatic carbocycles. The van der Waals surface area contributed by atoms with E-state index in [1.54, 1.807) is 0 Å². The number of methoxy groups -OCH3 is 1. The summed E-state index contributed by atoms with van der Waals surface area (Å²) in [7, 11) is 1.39. The van der Waals surface area contributed by atoms with Gasteiger partial charge in [-0.15, -0.1) is 0 Å². The van der Waals surface area contributed by atoms with E-state index in [1.807, 2.05) is 0 Å². The summed E-state index contributed by atoms with van der Waals surface area (Å²) < 4.78 is 15.3. The van der Waals surface area contributed by atoms with Gasteiger partial charge in [-0.1, -0.05) is 11.6 Å². The van der Waals surface area contributed by atoms with Gasteiger partial charge in [-0.3, -0.25) is 9.59 Å². The molecule has 21 heavy (non-hydrogen) atoms. The molecule has 1 aromatic carbocycles. The smallest absolute Gasteiger partial charge is 0.306 e. The van der Waals surface area contributed by atoms with Gasteiger partial charge in [-0.2, -0.15) is 0 Å². The van der Waals surface area contributed by atoms with E-state index in [-0.39, 0.29) is 24.8 Å². The highest BCUT2D eigenvalue weighted by Gasteiger charge is 2.21. The maximum atomic E-state index is 12.0. The van der Waals surface area contributed by atoms with Crippen molar-refractivity contribution >= 4 is 23.5 Å². The van der Waals surface area contributed by atoms with E-state index in [0.29, 0.717) is 17.1 Å². The zero-order valence-corrected chi connectivity index (χ0v) is 12.0. The minimum absolute atomic E-state index is 0.0600. The van der Waals surface area contributed by atoms with Gasteiger partial charge in [-0.25, -0.2) is 0 Å². The highest BCUT2D eigenvalue weighted by atomic mass is 35.5. The normalized spacial score (nSPS) is 13.8. The summed E-state index contributed by atoms with van der Waals surface area (Å²) >= 11 is 5.99. The van der Waals surface area contributed by atoms with Gasteiger partial charge in [0, 0.05) is 19.2 Å². The molecule has 1 aromatic rings. The number of ether oxygens (including phenoxy) is 3. The van der Waals surface area contributed by atoms with Crippen LogP contribution in [0.25, 0.3) is 0 Å². The van der Waals surface area contributed by atoms with Crippen LogP contribution in [0, 0.1) is 0 Å². The van der Waals surface area contributed by atoms with Crippen LogP contribution in [0.1, 0.15) is 16.8 Å². The Hall–Kier alpha value is -1.99. The van der Waals surface area contributed by atoms with Gasteiger partial charge in [0.15, 0.2) is 11.5 Å². The van der Waals surface area contributed by atoms with Crippen molar-refractivity contribution in [3.8, 4) is 11.5 Å². The number of carbonyl (C=O) groups is 2. The van der Waals surface area contributed by atoms with Crippen molar-refractivity contribution in [1.29, 1.82) is 0 Å². The zero-order chi connectivity index (χ0) is 15.4. The summed E-state index contributed by atoms with van der Waals surface area (Å²) in [4.78, 5) is 22.6. The molecule has 0 radical (unpaired) electrons. The van der Waals surface area contributed by atoms with Gasteiger partial charge in [0.2, 0.25) is 6.79 Å². The van der Waals surface area contributed by atoms with E-state index < -0.39 is 18.0 Å². The molecule has 1 aliphatic heterocycles. The monoisotopic (exact) mass is 315 g/mol. The largest absolute Gasteiger partial charge is 0.481 e. The molecule has 7 nitrogen and oxygen atoms in total. The highest BCUT2D eigenvalue weighted by Crippen LogP contribution is 2.39. The van der Waals surface area contributed by atoms with Gasteiger partial charge in [0.1, 0.15) is 0 Å². The lowest BCUT2D eigenvalue weighted by atomic mass is 10.1. The number of halogens is 1. The van der Waals surface area contributed by atoms with Crippen LogP contribution in [-0.2, 0) is 9.53 Å². The van der Waals surface area contributed by atoms with E-state index in [4.69, 9.17) is 30.9 Å². The summed E-state index contributed by atoms with van der Waals surface area (Å²) in [5.74, 6) is -0.583. The van der Waals surface area contributed by atoms with Gasteiger partial charge < -0.3 is 24.6 Å². The van der Waals surface area contributed by atoms with Crippen molar-refractivity contribution in [2.24, 2.45) is 0 Å². The molecule has 0 spiro atoms. The molecule has 0 aromatic heterocycles. The van der Waals surface area contributed by atoms with E-state index >= 15 is 0 Å². The summed E-state index contributed by atoms with van der Waals surface area (Å²) in [5.41, 5.74) is 0.300. The third-order valence-electron chi connectivity index (χ3n) is 2.92. The lowest BCUT2D eigenvalue weighted by Crippen LogP contribution is -2.34. The third-order valence-corrected chi connectivity index (χ3v) is 3.20. The molecule has 1 aliphatic rings. The number of aliphatic carboxylic acids is 1. The molecule has 1 atom stereocenters. The van der Waals surface area contributed by atoms with E-state index in [1.165, 1.54) is 19.2 Å². The SMILES string of the molecule is COC(CNC(=O)c1cc(Cl)c2c(c1)OCO2)CC(=O)O. The van der Waals surface area contributed by atoms with Gasteiger partial charge in [0.05, 0.1) is 17.5 Å². The Kier molecular flexibility index (Phi) is 4.87. The minimum Gasteiger partial charge on any atom is -0.481 e. The van der Waals surface area contributed by atoms with Crippen LogP contribution in [0.5, 0.6) is 11.5 Å². The van der Waals surface area contributed by atoms with Gasteiger partial charge in [-0.05, 0) is 12.1 Å². The van der Waals surface area contributed by atoms with E-state index in [2.05, 4.69) is 5.32 Å². The fourth-order valence-electron chi connectivity index (χ4n) is 1.84. The van der Waals surface area contributed by atoms with E-state index in [9.17, 15) is 9.59 Å². The van der Waals surface area contributed by atoms with Gasteiger partial charge >= 0.3 is 5.97 Å². The predicted molar refractivity (Wildman–Crippen MR) is 73.0 cm³/mol. The van der Waals surface area contributed by atoms with Crippen LogP contribution in [0.4, 0.5) is 0 Å². The number of carboxylic acids is 1. The fraction of sp³-hybridized carbons (Fsp3) is 0.385. The van der Waals surface area contributed by atoms with Crippen molar-refractivity contribution < 1.29 is 28.9 Å². The Labute approximate surface area is 125 Å². The zero-order valence-electron chi connectivity index (χ0n) is 11.2. The molecule has 2 rings (SSSR count).